The maximum Gasteiger partial charge on any atom is 0.336 e. The van der Waals surface area contributed by atoms with Crippen LogP contribution in [0.25, 0.3) is 0 Å². The molecule has 0 fully saturated rings. The van der Waals surface area contributed by atoms with E-state index >= 15 is 0 Å². The number of carbonyl (C=O) groups excluding carboxylic acids is 1. The normalized spacial score (nSPS) is 9.81. The molecule has 0 spiro atoms. The van der Waals surface area contributed by atoms with E-state index in [1.807, 2.05) is 0 Å². The molecule has 1 aromatic rings. The topological polar surface area (TPSA) is 80.4 Å². The summed E-state index contributed by atoms with van der Waals surface area (Å²) >= 11 is 3.24. The molecule has 0 bridgehead atoms. The van der Waals surface area contributed by atoms with Gasteiger partial charge in [0.1, 0.15) is 0 Å². The fourth-order valence-corrected chi connectivity index (χ4v) is 1.91. The minimum absolute atomic E-state index is 0.00699. The highest BCUT2D eigenvalue weighted by Crippen LogP contribution is 2.25. The molecule has 0 heterocycles. The molecule has 84 valence electrons. The summed E-state index contributed by atoms with van der Waals surface area (Å²) in [6, 6.07) is 2.99. The average molecular weight is 284 g/mol. The van der Waals surface area contributed by atoms with E-state index in [9.17, 15) is 9.59 Å². The predicted molar refractivity (Wildman–Crippen MR) is 63.5 cm³/mol. The summed E-state index contributed by atoms with van der Waals surface area (Å²) in [4.78, 5) is 22.2. The Labute approximate surface area is 101 Å². The van der Waals surface area contributed by atoms with E-state index in [1.165, 1.54) is 6.07 Å². The number of benzene rings is 1. The quantitative estimate of drug-likeness (QED) is 0.829. The van der Waals surface area contributed by atoms with Gasteiger partial charge in [0.2, 0.25) is 5.91 Å². The largest absolute Gasteiger partial charge is 0.478 e. The number of hydrogen-bond acceptors (Lipinski definition) is 2. The molecule has 0 aliphatic heterocycles. The number of carboxylic acid groups (broad SMARTS) is 1. The lowest BCUT2D eigenvalue weighted by atomic mass is 9.98. The van der Waals surface area contributed by atoms with Crippen molar-refractivity contribution in [1.82, 2.24) is 0 Å². The number of aromatic carboxylic acids is 1. The SMILES string of the molecule is C=CCc1c(Br)ccc(C(N)=O)c1C(=O)O. The molecule has 0 atom stereocenters. The van der Waals surface area contributed by atoms with Crippen molar-refractivity contribution in [2.45, 2.75) is 6.42 Å². The number of carboxylic acids is 1. The lowest BCUT2D eigenvalue weighted by molar-refractivity contribution is 0.0691. The number of rotatable bonds is 4. The van der Waals surface area contributed by atoms with Crippen LogP contribution in [0.15, 0.2) is 29.3 Å². The Morgan fingerprint density at radius 1 is 1.50 bits per heavy atom. The number of nitrogens with two attached hydrogens (primary N) is 1. The first kappa shape index (κ1) is 12.4. The van der Waals surface area contributed by atoms with Crippen molar-refractivity contribution < 1.29 is 14.7 Å². The van der Waals surface area contributed by atoms with Gasteiger partial charge in [0.05, 0.1) is 11.1 Å². The zero-order chi connectivity index (χ0) is 12.3. The van der Waals surface area contributed by atoms with Gasteiger partial charge in [0.15, 0.2) is 0 Å². The molecule has 0 radical (unpaired) electrons. The third kappa shape index (κ3) is 2.30. The minimum Gasteiger partial charge on any atom is -0.478 e. The first-order chi connectivity index (χ1) is 7.49. The smallest absolute Gasteiger partial charge is 0.336 e. The van der Waals surface area contributed by atoms with Gasteiger partial charge < -0.3 is 10.8 Å². The number of amides is 1. The van der Waals surface area contributed by atoms with Crippen LogP contribution in [0.4, 0.5) is 0 Å². The molecule has 16 heavy (non-hydrogen) atoms. The molecule has 5 heteroatoms. The molecule has 4 nitrogen and oxygen atoms in total. The highest BCUT2D eigenvalue weighted by Gasteiger charge is 2.20. The molecule has 0 aliphatic carbocycles. The van der Waals surface area contributed by atoms with Gasteiger partial charge in [-0.25, -0.2) is 4.79 Å². The van der Waals surface area contributed by atoms with Crippen molar-refractivity contribution in [2.75, 3.05) is 0 Å². The number of primary amides is 1. The Morgan fingerprint density at radius 3 is 2.56 bits per heavy atom. The predicted octanol–water partition coefficient (Wildman–Crippen LogP) is 1.97. The van der Waals surface area contributed by atoms with Crippen molar-refractivity contribution in [3.63, 3.8) is 0 Å². The molecule has 0 unspecified atom stereocenters. The zero-order valence-electron chi connectivity index (χ0n) is 8.37. The molecule has 0 aromatic heterocycles. The van der Waals surface area contributed by atoms with E-state index < -0.39 is 11.9 Å². The zero-order valence-corrected chi connectivity index (χ0v) is 9.95. The van der Waals surface area contributed by atoms with E-state index in [0.717, 1.165) is 0 Å². The second-order valence-corrected chi connectivity index (χ2v) is 3.97. The number of carbonyl (C=O) groups is 2. The van der Waals surface area contributed by atoms with Gasteiger partial charge in [-0.1, -0.05) is 22.0 Å². The Morgan fingerprint density at radius 2 is 2.12 bits per heavy atom. The maximum absolute atomic E-state index is 11.1. The molecule has 1 rings (SSSR count). The van der Waals surface area contributed by atoms with Crippen LogP contribution in [0, 0.1) is 0 Å². The number of halogens is 1. The monoisotopic (exact) mass is 283 g/mol. The van der Waals surface area contributed by atoms with E-state index in [4.69, 9.17) is 10.8 Å². The summed E-state index contributed by atoms with van der Waals surface area (Å²) in [5.41, 5.74) is 5.56. The molecule has 0 saturated carbocycles. The Bertz CT molecular complexity index is 469. The summed E-state index contributed by atoms with van der Waals surface area (Å²) in [6.45, 7) is 3.54. The van der Waals surface area contributed by atoms with Crippen LogP contribution in [-0.2, 0) is 6.42 Å². The van der Waals surface area contributed by atoms with E-state index in [1.54, 1.807) is 12.1 Å². The molecular weight excluding hydrogens is 274 g/mol. The standard InChI is InChI=1S/C11H10BrNO3/c1-2-3-6-8(12)5-4-7(10(13)14)9(6)11(15)16/h2,4-5H,1,3H2,(H2,13,14)(H,15,16). The van der Waals surface area contributed by atoms with Crippen LogP contribution in [0.2, 0.25) is 0 Å². The van der Waals surface area contributed by atoms with Gasteiger partial charge in [-0.15, -0.1) is 6.58 Å². The summed E-state index contributed by atoms with van der Waals surface area (Å²) in [5.74, 6) is -1.93. The van der Waals surface area contributed by atoms with Crippen molar-refractivity contribution in [1.29, 1.82) is 0 Å². The van der Waals surface area contributed by atoms with E-state index in [-0.39, 0.29) is 11.1 Å². The van der Waals surface area contributed by atoms with Crippen LogP contribution >= 0.6 is 15.9 Å². The molecule has 1 aromatic carbocycles. The summed E-state index contributed by atoms with van der Waals surface area (Å²) in [7, 11) is 0. The number of allylic oxidation sites excluding steroid dienone is 1. The van der Waals surface area contributed by atoms with Crippen LogP contribution in [0.1, 0.15) is 26.3 Å². The molecular formula is C11H10BrNO3. The van der Waals surface area contributed by atoms with Crippen molar-refractivity contribution in [3.8, 4) is 0 Å². The third-order valence-electron chi connectivity index (χ3n) is 2.08. The van der Waals surface area contributed by atoms with Gasteiger partial charge in [-0.05, 0) is 24.1 Å². The van der Waals surface area contributed by atoms with Crippen LogP contribution < -0.4 is 5.73 Å². The average Bonchev–Trinajstić information content (AvgIpc) is 2.20. The van der Waals surface area contributed by atoms with Crippen LogP contribution in [0.3, 0.4) is 0 Å². The molecule has 1 amide bonds. The Hall–Kier alpha value is -1.62. The Balaban J connectivity index is 3.55. The van der Waals surface area contributed by atoms with Gasteiger partial charge in [-0.2, -0.15) is 0 Å². The molecule has 0 saturated heterocycles. The van der Waals surface area contributed by atoms with Crippen molar-refractivity contribution in [2.24, 2.45) is 5.73 Å². The summed E-state index contributed by atoms with van der Waals surface area (Å²) < 4.78 is 0.620. The maximum atomic E-state index is 11.1. The first-order valence-electron chi connectivity index (χ1n) is 4.44. The molecule has 0 aliphatic rings. The fraction of sp³-hybridized carbons (Fsp3) is 0.0909. The van der Waals surface area contributed by atoms with Gasteiger partial charge in [0.25, 0.3) is 0 Å². The third-order valence-corrected chi connectivity index (χ3v) is 2.83. The van der Waals surface area contributed by atoms with Gasteiger partial charge in [-0.3, -0.25) is 4.79 Å². The summed E-state index contributed by atoms with van der Waals surface area (Å²) in [6.07, 6.45) is 1.92. The first-order valence-corrected chi connectivity index (χ1v) is 5.23. The summed E-state index contributed by atoms with van der Waals surface area (Å²) in [5, 5.41) is 9.08. The van der Waals surface area contributed by atoms with Gasteiger partial charge in [0, 0.05) is 4.47 Å². The van der Waals surface area contributed by atoms with Gasteiger partial charge >= 0.3 is 5.97 Å². The second kappa shape index (κ2) is 4.94. The van der Waals surface area contributed by atoms with E-state index in [2.05, 4.69) is 22.5 Å². The van der Waals surface area contributed by atoms with Crippen molar-refractivity contribution >= 4 is 27.8 Å². The minimum atomic E-state index is -1.17. The highest BCUT2D eigenvalue weighted by atomic mass is 79.9. The fourth-order valence-electron chi connectivity index (χ4n) is 1.42. The number of hydrogen-bond donors (Lipinski definition) is 2. The lowest BCUT2D eigenvalue weighted by Gasteiger charge is -2.10. The van der Waals surface area contributed by atoms with Crippen molar-refractivity contribution in [3.05, 3.63) is 46.0 Å². The lowest BCUT2D eigenvalue weighted by Crippen LogP contribution is -2.18. The second-order valence-electron chi connectivity index (χ2n) is 3.11. The Kier molecular flexibility index (Phi) is 3.84. The molecule has 3 N–H and O–H groups in total. The van der Waals surface area contributed by atoms with E-state index in [0.29, 0.717) is 16.5 Å². The van der Waals surface area contributed by atoms with Crippen LogP contribution in [-0.4, -0.2) is 17.0 Å². The highest BCUT2D eigenvalue weighted by molar-refractivity contribution is 9.10. The van der Waals surface area contributed by atoms with Crippen LogP contribution in [0.5, 0.6) is 0 Å².